The van der Waals surface area contributed by atoms with Crippen molar-refractivity contribution in [3.8, 4) is 11.8 Å². The van der Waals surface area contributed by atoms with E-state index in [2.05, 4.69) is 20.9 Å². The fraction of sp³-hybridized carbons (Fsp3) is 0.100. The zero-order valence-electron chi connectivity index (χ0n) is 7.98. The second-order valence-corrected chi connectivity index (χ2v) is 4.26. The van der Waals surface area contributed by atoms with Gasteiger partial charge in [0.25, 0.3) is 0 Å². The van der Waals surface area contributed by atoms with Crippen LogP contribution in [0, 0.1) is 0 Å². The lowest BCUT2D eigenvalue weighted by Crippen LogP contribution is -1.87. The number of aliphatic hydroxyl groups excluding tert-OH is 1. The zero-order chi connectivity index (χ0) is 11.5. The summed E-state index contributed by atoms with van der Waals surface area (Å²) < 4.78 is 11.1. The summed E-state index contributed by atoms with van der Waals surface area (Å²) in [6, 6.07) is 5.18. The molecule has 0 atom stereocenters. The molecule has 0 bridgehead atoms. The highest BCUT2D eigenvalue weighted by molar-refractivity contribution is 9.10. The second-order valence-electron chi connectivity index (χ2n) is 2.94. The van der Waals surface area contributed by atoms with Crippen molar-refractivity contribution in [3.63, 3.8) is 0 Å². The lowest BCUT2D eigenvalue weighted by molar-refractivity contribution is 0.276. The van der Waals surface area contributed by atoms with Crippen LogP contribution in [0.15, 0.2) is 33.4 Å². The quantitative estimate of drug-likeness (QED) is 0.944. The average Bonchev–Trinajstić information content (AvgIpc) is 2.70. The van der Waals surface area contributed by atoms with E-state index in [-0.39, 0.29) is 12.7 Å². The van der Waals surface area contributed by atoms with Crippen LogP contribution in [0.2, 0.25) is 5.02 Å². The maximum atomic E-state index is 8.80. The number of nitrogens with zero attached hydrogens (tertiary/aromatic N) is 1. The number of ether oxygens (including phenoxy) is 1. The molecule has 0 aliphatic carbocycles. The molecule has 0 saturated carbocycles. The highest BCUT2D eigenvalue weighted by atomic mass is 79.9. The molecule has 0 amide bonds. The Labute approximate surface area is 105 Å². The van der Waals surface area contributed by atoms with Gasteiger partial charge in [-0.2, -0.15) is 4.98 Å². The maximum absolute atomic E-state index is 8.80. The van der Waals surface area contributed by atoms with Gasteiger partial charge in [-0.05, 0) is 18.2 Å². The second kappa shape index (κ2) is 4.86. The Kier molecular flexibility index (Phi) is 3.48. The SMILES string of the molecule is OCc1coc(Oc2ccc(Br)cc2Cl)n1. The van der Waals surface area contributed by atoms with Gasteiger partial charge >= 0.3 is 6.08 Å². The van der Waals surface area contributed by atoms with Gasteiger partial charge in [0.1, 0.15) is 12.0 Å². The van der Waals surface area contributed by atoms with Crippen LogP contribution in [0.25, 0.3) is 0 Å². The number of benzene rings is 1. The predicted molar refractivity (Wildman–Crippen MR) is 61.7 cm³/mol. The number of rotatable bonds is 3. The van der Waals surface area contributed by atoms with Gasteiger partial charge in [0, 0.05) is 4.47 Å². The van der Waals surface area contributed by atoms with Crippen LogP contribution in [0.5, 0.6) is 11.8 Å². The predicted octanol–water partition coefficient (Wildman–Crippen LogP) is 3.38. The van der Waals surface area contributed by atoms with Crippen LogP contribution in [0.4, 0.5) is 0 Å². The molecule has 1 aromatic heterocycles. The molecule has 0 fully saturated rings. The highest BCUT2D eigenvalue weighted by Crippen LogP contribution is 2.31. The third-order valence-corrected chi connectivity index (χ3v) is 2.57. The summed E-state index contributed by atoms with van der Waals surface area (Å²) in [4.78, 5) is 3.88. The summed E-state index contributed by atoms with van der Waals surface area (Å²) in [6.45, 7) is -0.194. The van der Waals surface area contributed by atoms with E-state index in [0.29, 0.717) is 16.5 Å². The zero-order valence-corrected chi connectivity index (χ0v) is 10.3. The minimum absolute atomic E-state index is 0.0493. The Bertz CT molecular complexity index is 501. The van der Waals surface area contributed by atoms with Gasteiger partial charge in [-0.25, -0.2) is 0 Å². The van der Waals surface area contributed by atoms with Crippen LogP contribution in [-0.4, -0.2) is 10.1 Å². The standard InChI is InChI=1S/C10H7BrClNO3/c11-6-1-2-9(8(12)3-6)16-10-13-7(4-14)5-15-10/h1-3,5,14H,4H2. The van der Waals surface area contributed by atoms with Crippen molar-refractivity contribution in [2.24, 2.45) is 0 Å². The maximum Gasteiger partial charge on any atom is 0.399 e. The minimum atomic E-state index is -0.194. The van der Waals surface area contributed by atoms with Crippen molar-refractivity contribution in [1.29, 1.82) is 0 Å². The first-order chi connectivity index (χ1) is 7.69. The molecule has 0 unspecified atom stereocenters. The molecule has 1 N–H and O–H groups in total. The summed E-state index contributed by atoms with van der Waals surface area (Å²) in [5, 5.41) is 9.24. The van der Waals surface area contributed by atoms with E-state index in [1.807, 2.05) is 0 Å². The van der Waals surface area contributed by atoms with Gasteiger partial charge in [0.05, 0.1) is 11.6 Å². The monoisotopic (exact) mass is 303 g/mol. The van der Waals surface area contributed by atoms with Crippen LogP contribution < -0.4 is 4.74 Å². The van der Waals surface area contributed by atoms with Gasteiger partial charge in [0.15, 0.2) is 5.75 Å². The van der Waals surface area contributed by atoms with Crippen molar-refractivity contribution in [3.05, 3.63) is 39.7 Å². The van der Waals surface area contributed by atoms with Gasteiger partial charge in [0.2, 0.25) is 0 Å². The fourth-order valence-corrected chi connectivity index (χ4v) is 1.77. The largest absolute Gasteiger partial charge is 0.417 e. The summed E-state index contributed by atoms with van der Waals surface area (Å²) >= 11 is 9.23. The molecule has 0 saturated heterocycles. The summed E-state index contributed by atoms with van der Waals surface area (Å²) in [5.74, 6) is 0.441. The third-order valence-electron chi connectivity index (χ3n) is 1.78. The molecule has 2 rings (SSSR count). The molecular formula is C10H7BrClNO3. The van der Waals surface area contributed by atoms with E-state index in [0.717, 1.165) is 4.47 Å². The first kappa shape index (κ1) is 11.4. The lowest BCUT2D eigenvalue weighted by atomic mass is 10.3. The van der Waals surface area contributed by atoms with Crippen molar-refractivity contribution in [2.75, 3.05) is 0 Å². The molecule has 0 spiro atoms. The van der Waals surface area contributed by atoms with Crippen molar-refractivity contribution < 1.29 is 14.3 Å². The summed E-state index contributed by atoms with van der Waals surface area (Å²) in [7, 11) is 0. The molecule has 4 nitrogen and oxygen atoms in total. The first-order valence-electron chi connectivity index (χ1n) is 4.37. The van der Waals surface area contributed by atoms with Gasteiger partial charge in [-0.1, -0.05) is 27.5 Å². The molecule has 0 aliphatic rings. The molecule has 16 heavy (non-hydrogen) atoms. The van der Waals surface area contributed by atoms with E-state index >= 15 is 0 Å². The number of hydrogen-bond donors (Lipinski definition) is 1. The van der Waals surface area contributed by atoms with Crippen LogP contribution in [-0.2, 0) is 6.61 Å². The minimum Gasteiger partial charge on any atom is -0.417 e. The Morgan fingerprint density at radius 2 is 2.31 bits per heavy atom. The van der Waals surface area contributed by atoms with Crippen molar-refractivity contribution in [1.82, 2.24) is 4.98 Å². The number of halogens is 2. The fourth-order valence-electron chi connectivity index (χ4n) is 1.06. The topological polar surface area (TPSA) is 55.5 Å². The molecular weight excluding hydrogens is 297 g/mol. The molecule has 6 heteroatoms. The van der Waals surface area contributed by atoms with Gasteiger partial charge < -0.3 is 14.3 Å². The third kappa shape index (κ3) is 2.55. The van der Waals surface area contributed by atoms with E-state index in [1.54, 1.807) is 18.2 Å². The smallest absolute Gasteiger partial charge is 0.399 e. The number of hydrogen-bond acceptors (Lipinski definition) is 4. The number of aromatic nitrogens is 1. The summed E-state index contributed by atoms with van der Waals surface area (Å²) in [5.41, 5.74) is 0.406. The molecule has 1 heterocycles. The lowest BCUT2D eigenvalue weighted by Gasteiger charge is -2.02. The van der Waals surface area contributed by atoms with Gasteiger partial charge in [-0.3, -0.25) is 0 Å². The molecule has 1 aromatic carbocycles. The Balaban J connectivity index is 2.20. The molecule has 84 valence electrons. The molecule has 0 aliphatic heterocycles. The van der Waals surface area contributed by atoms with Crippen molar-refractivity contribution in [2.45, 2.75) is 6.61 Å². The van der Waals surface area contributed by atoms with Crippen LogP contribution in [0.3, 0.4) is 0 Å². The first-order valence-corrected chi connectivity index (χ1v) is 5.54. The Hall–Kier alpha value is -1.04. The van der Waals surface area contributed by atoms with E-state index < -0.39 is 0 Å². The normalized spacial score (nSPS) is 10.4. The van der Waals surface area contributed by atoms with Gasteiger partial charge in [-0.15, -0.1) is 0 Å². The van der Waals surface area contributed by atoms with Crippen molar-refractivity contribution >= 4 is 27.5 Å². The van der Waals surface area contributed by atoms with Crippen LogP contribution in [0.1, 0.15) is 5.69 Å². The Morgan fingerprint density at radius 1 is 1.50 bits per heavy atom. The van der Waals surface area contributed by atoms with E-state index in [9.17, 15) is 0 Å². The number of aliphatic hydroxyl groups is 1. The number of oxazole rings is 1. The average molecular weight is 305 g/mol. The molecule has 0 radical (unpaired) electrons. The van der Waals surface area contributed by atoms with E-state index in [1.165, 1.54) is 6.26 Å². The summed E-state index contributed by atoms with van der Waals surface area (Å²) in [6.07, 6.45) is 1.37. The molecule has 2 aromatic rings. The van der Waals surface area contributed by atoms with Crippen LogP contribution >= 0.6 is 27.5 Å². The highest BCUT2D eigenvalue weighted by Gasteiger charge is 2.08. The Morgan fingerprint density at radius 3 is 2.94 bits per heavy atom. The van der Waals surface area contributed by atoms with E-state index in [4.69, 9.17) is 25.9 Å².